The smallest absolute Gasteiger partial charge is 0.412 e. The van der Waals surface area contributed by atoms with Crippen molar-refractivity contribution < 1.29 is 28.4 Å². The van der Waals surface area contributed by atoms with Crippen molar-refractivity contribution in [2.75, 3.05) is 19.8 Å². The minimum atomic E-state index is -0.531. The highest BCUT2D eigenvalue weighted by Gasteiger charge is 2.30. The number of pyridine rings is 1. The third-order valence-electron chi connectivity index (χ3n) is 7.25. The average molecular weight is 549 g/mol. The second kappa shape index (κ2) is 22.5. The molecule has 1 aromatic heterocycles. The van der Waals surface area contributed by atoms with Crippen LogP contribution in [-0.4, -0.2) is 44.2 Å². The summed E-state index contributed by atoms with van der Waals surface area (Å²) in [5, 5.41) is 5.55. The molecule has 2 amide bonds. The van der Waals surface area contributed by atoms with E-state index in [9.17, 15) is 9.59 Å². The van der Waals surface area contributed by atoms with Crippen LogP contribution in [0.15, 0.2) is 30.6 Å². The summed E-state index contributed by atoms with van der Waals surface area (Å²) in [6.45, 7) is 3.81. The first-order chi connectivity index (χ1) is 19.2. The van der Waals surface area contributed by atoms with Crippen molar-refractivity contribution in [3.05, 3.63) is 30.6 Å². The zero-order valence-corrected chi connectivity index (χ0v) is 24.4. The number of carbonyl (C=O) groups is 2. The summed E-state index contributed by atoms with van der Waals surface area (Å²) in [5.74, 6) is 0. The van der Waals surface area contributed by atoms with E-state index in [0.29, 0.717) is 26.2 Å². The van der Waals surface area contributed by atoms with Gasteiger partial charge in [0.1, 0.15) is 18.8 Å². The fourth-order valence-electron chi connectivity index (χ4n) is 4.87. The van der Waals surface area contributed by atoms with Gasteiger partial charge in [-0.1, -0.05) is 103 Å². The molecule has 8 heteroatoms. The minimum absolute atomic E-state index is 0.0439. The highest BCUT2D eigenvalue weighted by atomic mass is 16.6. The van der Waals surface area contributed by atoms with Gasteiger partial charge in [-0.05, 0) is 19.3 Å². The molecule has 0 radical (unpaired) electrons. The van der Waals surface area contributed by atoms with Crippen LogP contribution in [0.25, 0.3) is 0 Å². The van der Waals surface area contributed by atoms with Crippen molar-refractivity contribution in [1.82, 2.24) is 10.6 Å². The Morgan fingerprint density at radius 1 is 0.795 bits per heavy atom. The number of amides is 2. The summed E-state index contributed by atoms with van der Waals surface area (Å²) in [5.41, 5.74) is 0. The molecule has 0 bridgehead atoms. The summed E-state index contributed by atoms with van der Waals surface area (Å²) >= 11 is 0. The van der Waals surface area contributed by atoms with E-state index in [4.69, 9.17) is 14.2 Å². The van der Waals surface area contributed by atoms with E-state index < -0.39 is 24.4 Å². The first kappa shape index (κ1) is 32.9. The lowest BCUT2D eigenvalue weighted by molar-refractivity contribution is -0.700. The van der Waals surface area contributed by atoms with Crippen molar-refractivity contribution in [2.45, 2.75) is 135 Å². The lowest BCUT2D eigenvalue weighted by atomic mass is 10.0. The molecular weight excluding hydrogens is 494 g/mol. The number of nitrogens with zero attached hydrogens (tertiary/aromatic N) is 1. The Balaban J connectivity index is 1.43. The van der Waals surface area contributed by atoms with Crippen molar-refractivity contribution in [3.8, 4) is 0 Å². The molecule has 2 atom stereocenters. The van der Waals surface area contributed by atoms with Crippen molar-refractivity contribution in [1.29, 1.82) is 0 Å². The van der Waals surface area contributed by atoms with Gasteiger partial charge in [0.05, 0.1) is 0 Å². The van der Waals surface area contributed by atoms with E-state index in [1.165, 1.54) is 83.5 Å². The Labute approximate surface area is 236 Å². The van der Waals surface area contributed by atoms with Gasteiger partial charge in [0, 0.05) is 25.3 Å². The summed E-state index contributed by atoms with van der Waals surface area (Å²) in [6.07, 6.45) is 23.2. The number of carbonyl (C=O) groups excluding carboxylic acids is 2. The van der Waals surface area contributed by atoms with E-state index in [1.54, 1.807) is 0 Å². The molecule has 0 aromatic carbocycles. The van der Waals surface area contributed by atoms with Crippen molar-refractivity contribution in [2.24, 2.45) is 0 Å². The van der Waals surface area contributed by atoms with Gasteiger partial charge in [-0.25, -0.2) is 9.59 Å². The molecule has 0 spiro atoms. The molecule has 1 saturated heterocycles. The van der Waals surface area contributed by atoms with Crippen molar-refractivity contribution in [3.63, 3.8) is 0 Å². The fourth-order valence-corrected chi connectivity index (χ4v) is 4.87. The third kappa shape index (κ3) is 17.1. The van der Waals surface area contributed by atoms with Crippen LogP contribution in [0.2, 0.25) is 0 Å². The van der Waals surface area contributed by atoms with Crippen molar-refractivity contribution >= 4 is 12.2 Å². The summed E-state index contributed by atoms with van der Waals surface area (Å²) < 4.78 is 18.5. The third-order valence-corrected chi connectivity index (χ3v) is 7.25. The first-order valence-electron chi connectivity index (χ1n) is 15.6. The number of aromatic nitrogens is 1. The fraction of sp³-hybridized carbons (Fsp3) is 0.774. The first-order valence-corrected chi connectivity index (χ1v) is 15.6. The Hall–Kier alpha value is -2.35. The molecule has 2 rings (SSSR count). The number of hydrogen-bond donors (Lipinski definition) is 2. The summed E-state index contributed by atoms with van der Waals surface area (Å²) in [4.78, 5) is 24.3. The van der Waals surface area contributed by atoms with Gasteiger partial charge in [0.25, 0.3) is 0 Å². The molecule has 1 aromatic rings. The Kier molecular flexibility index (Phi) is 18.9. The Morgan fingerprint density at radius 2 is 1.38 bits per heavy atom. The second-order valence-electron chi connectivity index (χ2n) is 10.7. The van der Waals surface area contributed by atoms with Crippen LogP contribution in [0.4, 0.5) is 9.59 Å². The van der Waals surface area contributed by atoms with Crippen LogP contribution in [0, 0.1) is 0 Å². The minimum Gasteiger partial charge on any atom is -0.447 e. The maximum Gasteiger partial charge on any atom is 0.412 e. The van der Waals surface area contributed by atoms with Crippen LogP contribution in [-0.2, 0) is 20.9 Å². The number of unbranched alkanes of at least 4 members (excludes halogenated alkanes) is 14. The number of hydrogen-bond acceptors (Lipinski definition) is 5. The highest BCUT2D eigenvalue weighted by Crippen LogP contribution is 2.18. The largest absolute Gasteiger partial charge is 0.447 e. The normalized spacial score (nSPS) is 16.9. The maximum absolute atomic E-state index is 12.3. The van der Waals surface area contributed by atoms with Gasteiger partial charge >= 0.3 is 12.2 Å². The van der Waals surface area contributed by atoms with E-state index in [0.717, 1.165) is 19.3 Å². The molecule has 1 aliphatic heterocycles. The molecular formula is C31H54N3O5+. The van der Waals surface area contributed by atoms with Gasteiger partial charge in [-0.15, -0.1) is 0 Å². The van der Waals surface area contributed by atoms with Crippen LogP contribution in [0.5, 0.6) is 0 Å². The van der Waals surface area contributed by atoms with Gasteiger partial charge in [0.15, 0.2) is 12.4 Å². The molecule has 1 fully saturated rings. The molecule has 0 aliphatic carbocycles. The van der Waals surface area contributed by atoms with E-state index in [-0.39, 0.29) is 6.61 Å². The monoisotopic (exact) mass is 548 g/mol. The molecule has 1 aliphatic rings. The molecule has 2 heterocycles. The predicted octanol–water partition coefficient (Wildman–Crippen LogP) is 6.80. The molecule has 0 saturated carbocycles. The van der Waals surface area contributed by atoms with Crippen LogP contribution >= 0.6 is 0 Å². The van der Waals surface area contributed by atoms with Crippen LogP contribution in [0.3, 0.4) is 0 Å². The number of nitrogens with one attached hydrogen (secondary N) is 2. The molecule has 2 unspecified atom stereocenters. The van der Waals surface area contributed by atoms with Gasteiger partial charge in [-0.3, -0.25) is 5.32 Å². The zero-order chi connectivity index (χ0) is 27.8. The lowest BCUT2D eigenvalue weighted by Gasteiger charge is -2.30. The molecule has 222 valence electrons. The van der Waals surface area contributed by atoms with E-state index in [2.05, 4.69) is 17.6 Å². The van der Waals surface area contributed by atoms with Crippen LogP contribution < -0.4 is 15.2 Å². The van der Waals surface area contributed by atoms with Gasteiger partial charge in [0.2, 0.25) is 6.67 Å². The Bertz CT molecular complexity index is 749. The van der Waals surface area contributed by atoms with E-state index >= 15 is 0 Å². The number of ether oxygens (including phenoxy) is 3. The van der Waals surface area contributed by atoms with Gasteiger partial charge < -0.3 is 19.5 Å². The summed E-state index contributed by atoms with van der Waals surface area (Å²) in [7, 11) is 0. The molecule has 2 N–H and O–H groups in total. The summed E-state index contributed by atoms with van der Waals surface area (Å²) in [6, 6.07) is 5.68. The highest BCUT2D eigenvalue weighted by molar-refractivity contribution is 5.67. The lowest BCUT2D eigenvalue weighted by Crippen LogP contribution is -2.46. The Morgan fingerprint density at radius 3 is 2.00 bits per heavy atom. The SMILES string of the molecule is CCCCCCCCCCCCCCCCCNC(=O)OC1CCCOC1COC(=O)NC[n+]1ccccc1. The average Bonchev–Trinajstić information content (AvgIpc) is 2.96. The quantitative estimate of drug-likeness (QED) is 0.130. The zero-order valence-electron chi connectivity index (χ0n) is 24.4. The predicted molar refractivity (Wildman–Crippen MR) is 153 cm³/mol. The van der Waals surface area contributed by atoms with Gasteiger partial charge in [-0.2, -0.15) is 4.57 Å². The molecule has 39 heavy (non-hydrogen) atoms. The maximum atomic E-state index is 12.3. The topological polar surface area (TPSA) is 89.8 Å². The van der Waals surface area contributed by atoms with E-state index in [1.807, 2.05) is 35.2 Å². The van der Waals surface area contributed by atoms with Crippen LogP contribution in [0.1, 0.15) is 116 Å². The molecule has 8 nitrogen and oxygen atoms in total. The number of alkyl carbamates (subject to hydrolysis) is 2. The second-order valence-corrected chi connectivity index (χ2v) is 10.7. The standard InChI is InChI=1S/C31H53N3O5/c1-2-3-4-5-6-7-8-9-10-11-12-13-14-15-17-22-32-31(36)39-28-21-20-25-37-29(28)26-38-30(35)33-27-34-23-18-16-19-24-34/h16,18-19,23-24,28-29H,2-15,17,20-22,25-27H2,1H3,(H-,32,33,35,36)/p+1. The number of rotatable bonds is 21.